The Bertz CT molecular complexity index is 514. The number of nitrogens with one attached hydrogen (secondary N) is 1. The summed E-state index contributed by atoms with van der Waals surface area (Å²) < 4.78 is -1.57. The monoisotopic (exact) mass is 348 g/mol. The zero-order chi connectivity index (χ0) is 15.6. The highest BCUT2D eigenvalue weighted by Crippen LogP contribution is 2.34. The Kier molecular flexibility index (Phi) is 5.42. The van der Waals surface area contributed by atoms with Gasteiger partial charge in [-0.05, 0) is 17.5 Å². The molecule has 1 aromatic carbocycles. The lowest BCUT2D eigenvalue weighted by atomic mass is 9.99. The summed E-state index contributed by atoms with van der Waals surface area (Å²) in [5, 5.41) is 2.85. The largest absolute Gasteiger partial charge is 0.336 e. The third kappa shape index (κ3) is 4.26. The third-order valence-electron chi connectivity index (χ3n) is 3.64. The van der Waals surface area contributed by atoms with Crippen molar-refractivity contribution in [3.8, 4) is 0 Å². The van der Waals surface area contributed by atoms with Gasteiger partial charge in [0.05, 0.1) is 0 Å². The van der Waals surface area contributed by atoms with E-state index in [-0.39, 0.29) is 11.8 Å². The maximum atomic E-state index is 12.0. The first-order valence-corrected chi connectivity index (χ1v) is 8.10. The SMILES string of the molecule is CC(C)C(=O)N[C@H](N1CCc2ccccc2C1)C(Cl)(Cl)Cl. The minimum Gasteiger partial charge on any atom is -0.336 e. The fourth-order valence-corrected chi connectivity index (χ4v) is 3.00. The average molecular weight is 350 g/mol. The van der Waals surface area contributed by atoms with Gasteiger partial charge in [-0.25, -0.2) is 0 Å². The lowest BCUT2D eigenvalue weighted by Gasteiger charge is -2.39. The van der Waals surface area contributed by atoms with Crippen molar-refractivity contribution in [1.29, 1.82) is 0 Å². The van der Waals surface area contributed by atoms with Crippen molar-refractivity contribution in [2.45, 2.75) is 36.8 Å². The Balaban J connectivity index is 2.17. The van der Waals surface area contributed by atoms with Crippen LogP contribution < -0.4 is 5.32 Å². The number of alkyl halides is 3. The number of hydrogen-bond donors (Lipinski definition) is 1. The first kappa shape index (κ1) is 16.9. The normalized spacial score (nSPS) is 17.4. The van der Waals surface area contributed by atoms with Crippen molar-refractivity contribution >= 4 is 40.7 Å². The summed E-state index contributed by atoms with van der Waals surface area (Å²) in [6.07, 6.45) is 0.246. The smallest absolute Gasteiger partial charge is 0.223 e. The highest BCUT2D eigenvalue weighted by molar-refractivity contribution is 6.68. The summed E-state index contributed by atoms with van der Waals surface area (Å²) in [7, 11) is 0. The number of carbonyl (C=O) groups excluding carboxylic acids is 1. The number of halogens is 3. The van der Waals surface area contributed by atoms with Crippen molar-refractivity contribution in [3.05, 3.63) is 35.4 Å². The first-order chi connectivity index (χ1) is 9.79. The predicted molar refractivity (Wildman–Crippen MR) is 87.6 cm³/mol. The molecule has 0 aromatic heterocycles. The van der Waals surface area contributed by atoms with Gasteiger partial charge in [0, 0.05) is 19.0 Å². The molecule has 2 rings (SSSR count). The molecule has 0 fully saturated rings. The van der Waals surface area contributed by atoms with Crippen LogP contribution in [0.4, 0.5) is 0 Å². The molecular weight excluding hydrogens is 331 g/mol. The van der Waals surface area contributed by atoms with E-state index in [1.165, 1.54) is 11.1 Å². The zero-order valence-electron chi connectivity index (χ0n) is 12.1. The van der Waals surface area contributed by atoms with Crippen LogP contribution in [0.15, 0.2) is 24.3 Å². The van der Waals surface area contributed by atoms with Crippen molar-refractivity contribution in [2.75, 3.05) is 6.54 Å². The molecule has 1 amide bonds. The van der Waals surface area contributed by atoms with Gasteiger partial charge in [-0.15, -0.1) is 0 Å². The van der Waals surface area contributed by atoms with Crippen molar-refractivity contribution in [1.82, 2.24) is 10.2 Å². The van der Waals surface area contributed by atoms with Crippen LogP contribution in [0.25, 0.3) is 0 Å². The van der Waals surface area contributed by atoms with E-state index in [0.29, 0.717) is 6.54 Å². The molecule has 1 aromatic rings. The summed E-state index contributed by atoms with van der Waals surface area (Å²) in [5.74, 6) is -0.276. The van der Waals surface area contributed by atoms with Crippen LogP contribution in [0.2, 0.25) is 0 Å². The van der Waals surface area contributed by atoms with E-state index in [0.717, 1.165) is 13.0 Å². The molecule has 3 nitrogen and oxygen atoms in total. The second-order valence-electron chi connectivity index (χ2n) is 5.60. The molecular formula is C15H19Cl3N2O. The minimum atomic E-state index is -1.57. The van der Waals surface area contributed by atoms with E-state index in [1.54, 1.807) is 0 Å². The van der Waals surface area contributed by atoms with Crippen LogP contribution in [-0.4, -0.2) is 27.3 Å². The summed E-state index contributed by atoms with van der Waals surface area (Å²) in [6.45, 7) is 5.04. The highest BCUT2D eigenvalue weighted by atomic mass is 35.6. The van der Waals surface area contributed by atoms with Gasteiger partial charge in [0.25, 0.3) is 0 Å². The molecule has 0 saturated carbocycles. The number of fused-ring (bicyclic) bond motifs is 1. The van der Waals surface area contributed by atoms with Gasteiger partial charge in [-0.2, -0.15) is 0 Å². The standard InChI is InChI=1S/C15H19Cl3N2O/c1-10(2)13(21)19-14(15(16,17)18)20-8-7-11-5-3-4-6-12(11)9-20/h3-6,10,14H,7-9H2,1-2H3,(H,19,21)/t14-/m1/s1. The van der Waals surface area contributed by atoms with Crippen LogP contribution in [0, 0.1) is 5.92 Å². The lowest BCUT2D eigenvalue weighted by Crippen LogP contribution is -2.57. The zero-order valence-corrected chi connectivity index (χ0v) is 14.3. The molecule has 1 N–H and O–H groups in total. The maximum absolute atomic E-state index is 12.0. The van der Waals surface area contributed by atoms with Gasteiger partial charge in [-0.3, -0.25) is 9.69 Å². The number of nitrogens with zero attached hydrogens (tertiary/aromatic N) is 1. The van der Waals surface area contributed by atoms with Crippen LogP contribution >= 0.6 is 34.8 Å². The van der Waals surface area contributed by atoms with Crippen LogP contribution in [0.5, 0.6) is 0 Å². The van der Waals surface area contributed by atoms with Crippen molar-refractivity contribution in [2.24, 2.45) is 5.92 Å². The molecule has 1 aliphatic rings. The molecule has 0 spiro atoms. The first-order valence-electron chi connectivity index (χ1n) is 6.97. The molecule has 0 aliphatic carbocycles. The van der Waals surface area contributed by atoms with E-state index in [9.17, 15) is 4.79 Å². The average Bonchev–Trinajstić information content (AvgIpc) is 2.42. The summed E-state index contributed by atoms with van der Waals surface area (Å²) in [5.41, 5.74) is 2.52. The minimum absolute atomic E-state index is 0.120. The van der Waals surface area contributed by atoms with Gasteiger partial charge < -0.3 is 5.32 Å². The van der Waals surface area contributed by atoms with Gasteiger partial charge in [-0.1, -0.05) is 72.9 Å². The van der Waals surface area contributed by atoms with E-state index in [4.69, 9.17) is 34.8 Å². The van der Waals surface area contributed by atoms with Gasteiger partial charge >= 0.3 is 0 Å². The van der Waals surface area contributed by atoms with Crippen LogP contribution in [0.1, 0.15) is 25.0 Å². The number of benzene rings is 1. The Hall–Kier alpha value is -0.480. The van der Waals surface area contributed by atoms with E-state index >= 15 is 0 Å². The van der Waals surface area contributed by atoms with Crippen molar-refractivity contribution in [3.63, 3.8) is 0 Å². The number of rotatable bonds is 3. The van der Waals surface area contributed by atoms with Gasteiger partial charge in [0.15, 0.2) is 0 Å². The Morgan fingerprint density at radius 3 is 2.43 bits per heavy atom. The molecule has 6 heteroatoms. The topological polar surface area (TPSA) is 32.3 Å². The molecule has 1 aliphatic heterocycles. The van der Waals surface area contributed by atoms with Gasteiger partial charge in [0.2, 0.25) is 9.70 Å². The van der Waals surface area contributed by atoms with Crippen LogP contribution in [0.3, 0.4) is 0 Å². The maximum Gasteiger partial charge on any atom is 0.223 e. The summed E-state index contributed by atoms with van der Waals surface area (Å²) in [4.78, 5) is 14.0. The van der Waals surface area contributed by atoms with Gasteiger partial charge in [0.1, 0.15) is 6.17 Å². The predicted octanol–water partition coefficient (Wildman–Crippen LogP) is 3.51. The number of carbonyl (C=O) groups is 1. The molecule has 0 saturated heterocycles. The second-order valence-corrected chi connectivity index (χ2v) is 7.97. The molecule has 0 unspecified atom stereocenters. The molecule has 21 heavy (non-hydrogen) atoms. The number of hydrogen-bond acceptors (Lipinski definition) is 2. The molecule has 0 bridgehead atoms. The van der Waals surface area contributed by atoms with Crippen molar-refractivity contribution < 1.29 is 4.79 Å². The number of amides is 1. The molecule has 0 radical (unpaired) electrons. The third-order valence-corrected chi connectivity index (χ3v) is 4.26. The fourth-order valence-electron chi connectivity index (χ4n) is 2.42. The Morgan fingerprint density at radius 2 is 1.86 bits per heavy atom. The summed E-state index contributed by atoms with van der Waals surface area (Å²) in [6, 6.07) is 8.21. The summed E-state index contributed by atoms with van der Waals surface area (Å²) >= 11 is 18.2. The quantitative estimate of drug-likeness (QED) is 0.847. The Labute approximate surface area is 140 Å². The lowest BCUT2D eigenvalue weighted by molar-refractivity contribution is -0.126. The Morgan fingerprint density at radius 1 is 1.24 bits per heavy atom. The second kappa shape index (κ2) is 6.74. The van der Waals surface area contributed by atoms with Crippen LogP contribution in [-0.2, 0) is 17.8 Å². The molecule has 1 heterocycles. The molecule has 1 atom stereocenters. The van der Waals surface area contributed by atoms with E-state index < -0.39 is 9.96 Å². The highest BCUT2D eigenvalue weighted by Gasteiger charge is 2.39. The van der Waals surface area contributed by atoms with E-state index in [2.05, 4.69) is 17.4 Å². The van der Waals surface area contributed by atoms with E-state index in [1.807, 2.05) is 30.9 Å². The molecule has 116 valence electrons. The fraction of sp³-hybridized carbons (Fsp3) is 0.533.